The lowest BCUT2D eigenvalue weighted by Crippen LogP contribution is -2.20. The lowest BCUT2D eigenvalue weighted by Gasteiger charge is -2.17. The van der Waals surface area contributed by atoms with Gasteiger partial charge in [-0.1, -0.05) is 0 Å². The number of ether oxygens (including phenoxy) is 1. The van der Waals surface area contributed by atoms with Crippen molar-refractivity contribution in [2.24, 2.45) is 4.99 Å². The van der Waals surface area contributed by atoms with Crippen LogP contribution in [0.2, 0.25) is 0 Å². The standard InChI is InChI=1S/C8H11NO/c1-8(10-2)4-3-6-9-7-5-8/h3-7H,1-2H3. The maximum Gasteiger partial charge on any atom is 0.103 e. The van der Waals surface area contributed by atoms with E-state index in [9.17, 15) is 0 Å². The van der Waals surface area contributed by atoms with Crippen molar-refractivity contribution in [1.29, 1.82) is 0 Å². The zero-order chi connectivity index (χ0) is 7.45. The monoisotopic (exact) mass is 137 g/mol. The third-order valence-corrected chi connectivity index (χ3v) is 1.53. The summed E-state index contributed by atoms with van der Waals surface area (Å²) in [6.45, 7) is 1.98. The van der Waals surface area contributed by atoms with E-state index in [0.29, 0.717) is 0 Å². The Morgan fingerprint density at radius 3 is 2.90 bits per heavy atom. The van der Waals surface area contributed by atoms with Crippen molar-refractivity contribution in [1.82, 2.24) is 0 Å². The van der Waals surface area contributed by atoms with Gasteiger partial charge in [0, 0.05) is 19.5 Å². The SMILES string of the molecule is COC1(C)C=CC=NC=C1. The summed E-state index contributed by atoms with van der Waals surface area (Å²) < 4.78 is 5.20. The van der Waals surface area contributed by atoms with E-state index < -0.39 is 0 Å². The fourth-order valence-electron chi connectivity index (χ4n) is 0.716. The smallest absolute Gasteiger partial charge is 0.103 e. The van der Waals surface area contributed by atoms with Crippen molar-refractivity contribution in [2.75, 3.05) is 7.11 Å². The Hall–Kier alpha value is -0.890. The third kappa shape index (κ3) is 1.54. The van der Waals surface area contributed by atoms with Crippen LogP contribution >= 0.6 is 0 Å². The van der Waals surface area contributed by atoms with Crippen LogP contribution in [0.1, 0.15) is 6.92 Å². The van der Waals surface area contributed by atoms with E-state index >= 15 is 0 Å². The second-order valence-corrected chi connectivity index (χ2v) is 2.36. The van der Waals surface area contributed by atoms with Gasteiger partial charge in [-0.2, -0.15) is 0 Å². The molecular formula is C8H11NO. The molecule has 0 bridgehead atoms. The molecular weight excluding hydrogens is 126 g/mol. The summed E-state index contributed by atoms with van der Waals surface area (Å²) in [6.07, 6.45) is 9.22. The summed E-state index contributed by atoms with van der Waals surface area (Å²) in [4.78, 5) is 3.94. The fraction of sp³-hybridized carbons (Fsp3) is 0.375. The minimum absolute atomic E-state index is 0.281. The zero-order valence-electron chi connectivity index (χ0n) is 6.24. The molecule has 2 nitrogen and oxygen atoms in total. The maximum absolute atomic E-state index is 5.20. The fourth-order valence-corrected chi connectivity index (χ4v) is 0.716. The van der Waals surface area contributed by atoms with E-state index in [1.807, 2.05) is 25.2 Å². The Morgan fingerprint density at radius 1 is 1.40 bits per heavy atom. The molecule has 1 aliphatic heterocycles. The molecule has 1 aliphatic rings. The molecule has 0 aromatic heterocycles. The van der Waals surface area contributed by atoms with Gasteiger partial charge >= 0.3 is 0 Å². The first kappa shape index (κ1) is 7.22. The van der Waals surface area contributed by atoms with E-state index in [0.717, 1.165) is 0 Å². The van der Waals surface area contributed by atoms with Crippen molar-refractivity contribution in [3.63, 3.8) is 0 Å². The predicted octanol–water partition coefficient (Wildman–Crippen LogP) is 1.55. The number of hydrogen-bond acceptors (Lipinski definition) is 2. The van der Waals surface area contributed by atoms with Crippen LogP contribution in [-0.2, 0) is 4.74 Å². The number of nitrogens with zero attached hydrogens (tertiary/aromatic N) is 1. The molecule has 0 amide bonds. The first-order chi connectivity index (χ1) is 4.77. The van der Waals surface area contributed by atoms with Crippen LogP contribution in [0.4, 0.5) is 0 Å². The van der Waals surface area contributed by atoms with Crippen LogP contribution in [0.15, 0.2) is 29.4 Å². The highest BCUT2D eigenvalue weighted by molar-refractivity contribution is 5.72. The third-order valence-electron chi connectivity index (χ3n) is 1.53. The van der Waals surface area contributed by atoms with Gasteiger partial charge in [0.2, 0.25) is 0 Å². The summed E-state index contributed by atoms with van der Waals surface area (Å²) in [5, 5.41) is 0. The van der Waals surface area contributed by atoms with Gasteiger partial charge < -0.3 is 4.74 Å². The summed E-state index contributed by atoms with van der Waals surface area (Å²) in [5.74, 6) is 0. The van der Waals surface area contributed by atoms with Gasteiger partial charge in [-0.15, -0.1) is 0 Å². The topological polar surface area (TPSA) is 21.6 Å². The maximum atomic E-state index is 5.20. The molecule has 10 heavy (non-hydrogen) atoms. The van der Waals surface area contributed by atoms with E-state index in [-0.39, 0.29) is 5.60 Å². The molecule has 54 valence electrons. The molecule has 0 fully saturated rings. The van der Waals surface area contributed by atoms with Gasteiger partial charge in [-0.25, -0.2) is 0 Å². The number of methoxy groups -OCH3 is 1. The summed E-state index contributed by atoms with van der Waals surface area (Å²) in [5.41, 5.74) is -0.281. The lowest BCUT2D eigenvalue weighted by atomic mass is 10.1. The second kappa shape index (κ2) is 2.80. The van der Waals surface area contributed by atoms with E-state index in [2.05, 4.69) is 4.99 Å². The van der Waals surface area contributed by atoms with Gasteiger partial charge in [0.15, 0.2) is 0 Å². The molecule has 0 spiro atoms. The minimum Gasteiger partial charge on any atom is -0.370 e. The molecule has 0 aromatic rings. The average Bonchev–Trinajstić information content (AvgIpc) is 2.15. The molecule has 0 aliphatic carbocycles. The molecule has 1 atom stereocenters. The number of rotatable bonds is 1. The van der Waals surface area contributed by atoms with Crippen LogP contribution in [0.25, 0.3) is 0 Å². The van der Waals surface area contributed by atoms with Crippen LogP contribution in [0.5, 0.6) is 0 Å². The van der Waals surface area contributed by atoms with Crippen molar-refractivity contribution in [2.45, 2.75) is 12.5 Å². The quantitative estimate of drug-likeness (QED) is 0.537. The number of aliphatic imine (C=N–C) groups is 1. The molecule has 2 heteroatoms. The lowest BCUT2D eigenvalue weighted by molar-refractivity contribution is 0.0908. The Morgan fingerprint density at radius 2 is 2.20 bits per heavy atom. The highest BCUT2D eigenvalue weighted by atomic mass is 16.5. The molecule has 0 aromatic carbocycles. The van der Waals surface area contributed by atoms with Crippen LogP contribution in [0, 0.1) is 0 Å². The molecule has 0 saturated carbocycles. The van der Waals surface area contributed by atoms with Crippen LogP contribution < -0.4 is 0 Å². The number of allylic oxidation sites excluding steroid dienone is 1. The largest absolute Gasteiger partial charge is 0.370 e. The molecule has 1 rings (SSSR count). The first-order valence-electron chi connectivity index (χ1n) is 3.21. The second-order valence-electron chi connectivity index (χ2n) is 2.36. The predicted molar refractivity (Wildman–Crippen MR) is 42.2 cm³/mol. The summed E-state index contributed by atoms with van der Waals surface area (Å²) in [7, 11) is 1.68. The van der Waals surface area contributed by atoms with E-state index in [1.165, 1.54) is 0 Å². The summed E-state index contributed by atoms with van der Waals surface area (Å²) >= 11 is 0. The van der Waals surface area contributed by atoms with Crippen LogP contribution in [0.3, 0.4) is 0 Å². The molecule has 1 unspecified atom stereocenters. The van der Waals surface area contributed by atoms with Crippen molar-refractivity contribution in [3.8, 4) is 0 Å². The Balaban J connectivity index is 2.80. The Bertz CT molecular complexity index is 175. The first-order valence-corrected chi connectivity index (χ1v) is 3.21. The van der Waals surface area contributed by atoms with E-state index in [1.54, 1.807) is 19.5 Å². The van der Waals surface area contributed by atoms with Gasteiger partial charge in [0.05, 0.1) is 0 Å². The minimum atomic E-state index is -0.281. The van der Waals surface area contributed by atoms with Crippen molar-refractivity contribution >= 4 is 6.21 Å². The Kier molecular flexibility index (Phi) is 2.02. The van der Waals surface area contributed by atoms with E-state index in [4.69, 9.17) is 4.74 Å². The van der Waals surface area contributed by atoms with Crippen molar-refractivity contribution < 1.29 is 4.74 Å². The summed E-state index contributed by atoms with van der Waals surface area (Å²) in [6, 6.07) is 0. The normalized spacial score (nSPS) is 30.6. The van der Waals surface area contributed by atoms with Gasteiger partial charge in [0.25, 0.3) is 0 Å². The average molecular weight is 137 g/mol. The molecule has 0 saturated heterocycles. The van der Waals surface area contributed by atoms with Gasteiger partial charge in [-0.05, 0) is 25.2 Å². The highest BCUT2D eigenvalue weighted by Crippen LogP contribution is 2.13. The molecule has 0 radical (unpaired) electrons. The highest BCUT2D eigenvalue weighted by Gasteiger charge is 2.14. The molecule has 1 heterocycles. The zero-order valence-corrected chi connectivity index (χ0v) is 6.24. The Labute approximate surface area is 60.9 Å². The molecule has 0 N–H and O–H groups in total. The van der Waals surface area contributed by atoms with Gasteiger partial charge in [0.1, 0.15) is 5.60 Å². The van der Waals surface area contributed by atoms with Crippen LogP contribution in [-0.4, -0.2) is 18.9 Å². The van der Waals surface area contributed by atoms with Crippen molar-refractivity contribution in [3.05, 3.63) is 24.4 Å². The number of hydrogen-bond donors (Lipinski definition) is 0. The van der Waals surface area contributed by atoms with Gasteiger partial charge in [-0.3, -0.25) is 4.99 Å².